The molecule has 1 amide bonds. The van der Waals surface area contributed by atoms with Gasteiger partial charge in [-0.1, -0.05) is 17.8 Å². The Morgan fingerprint density at radius 3 is 2.55 bits per heavy atom. The summed E-state index contributed by atoms with van der Waals surface area (Å²) >= 11 is 3.10. The van der Waals surface area contributed by atoms with Crippen molar-refractivity contribution in [2.75, 3.05) is 16.3 Å². The van der Waals surface area contributed by atoms with Crippen LogP contribution in [0, 0.1) is 5.82 Å². The summed E-state index contributed by atoms with van der Waals surface area (Å²) in [5.41, 5.74) is 1.99. The Labute approximate surface area is 186 Å². The van der Waals surface area contributed by atoms with Crippen LogP contribution in [0.4, 0.5) is 15.8 Å². The second kappa shape index (κ2) is 8.66. The van der Waals surface area contributed by atoms with Crippen molar-refractivity contribution in [3.63, 3.8) is 0 Å². The molecule has 1 aromatic heterocycles. The van der Waals surface area contributed by atoms with Crippen LogP contribution in [-0.4, -0.2) is 25.6 Å². The number of carbonyl (C=O) groups excluding carboxylic acids is 1. The first kappa shape index (κ1) is 21.3. The van der Waals surface area contributed by atoms with Crippen LogP contribution in [0.2, 0.25) is 0 Å². The molecule has 0 atom stereocenters. The maximum absolute atomic E-state index is 13.1. The number of thiazole rings is 1. The fourth-order valence-corrected chi connectivity index (χ4v) is 5.40. The molecule has 4 aromatic rings. The topological polar surface area (TPSA) is 88.2 Å². The Hall–Kier alpha value is -2.95. The van der Waals surface area contributed by atoms with Gasteiger partial charge in [-0.25, -0.2) is 17.8 Å². The molecule has 2 N–H and O–H groups in total. The minimum atomic E-state index is -3.91. The van der Waals surface area contributed by atoms with E-state index in [1.54, 1.807) is 41.3 Å². The van der Waals surface area contributed by atoms with Crippen molar-refractivity contribution in [1.82, 2.24) is 4.98 Å². The summed E-state index contributed by atoms with van der Waals surface area (Å²) in [5.74, 6) is -0.907. The highest BCUT2D eigenvalue weighted by atomic mass is 32.2. The minimum absolute atomic E-state index is 0.0776. The molecule has 0 radical (unpaired) electrons. The number of amides is 1. The summed E-state index contributed by atoms with van der Waals surface area (Å²) in [6.07, 6.45) is 1.96. The van der Waals surface area contributed by atoms with Gasteiger partial charge in [-0.15, -0.1) is 11.3 Å². The minimum Gasteiger partial charge on any atom is -0.322 e. The molecule has 6 nitrogen and oxygen atoms in total. The van der Waals surface area contributed by atoms with E-state index in [-0.39, 0.29) is 22.1 Å². The number of fused-ring (bicyclic) bond motifs is 1. The number of rotatable bonds is 6. The Kier molecular flexibility index (Phi) is 5.94. The van der Waals surface area contributed by atoms with Crippen molar-refractivity contribution in [3.05, 3.63) is 78.1 Å². The van der Waals surface area contributed by atoms with E-state index in [0.717, 1.165) is 26.7 Å². The normalized spacial score (nSPS) is 11.4. The highest BCUT2D eigenvalue weighted by molar-refractivity contribution is 8.00. The van der Waals surface area contributed by atoms with Crippen LogP contribution < -0.4 is 10.0 Å². The van der Waals surface area contributed by atoms with Gasteiger partial charge in [-0.3, -0.25) is 9.52 Å². The van der Waals surface area contributed by atoms with Crippen LogP contribution >= 0.6 is 23.1 Å². The first-order chi connectivity index (χ1) is 14.8. The zero-order valence-electron chi connectivity index (χ0n) is 16.1. The van der Waals surface area contributed by atoms with E-state index in [9.17, 15) is 17.6 Å². The predicted octanol–water partition coefficient (Wildman–Crippen LogP) is 5.21. The molecule has 0 aliphatic rings. The number of carbonyl (C=O) groups is 1. The van der Waals surface area contributed by atoms with Crippen LogP contribution in [0.1, 0.15) is 10.4 Å². The van der Waals surface area contributed by atoms with Gasteiger partial charge in [0.05, 0.1) is 15.1 Å². The molecule has 0 bridgehead atoms. The smallest absolute Gasteiger partial charge is 0.261 e. The van der Waals surface area contributed by atoms with Crippen LogP contribution in [0.25, 0.3) is 10.2 Å². The Morgan fingerprint density at radius 2 is 1.81 bits per heavy atom. The van der Waals surface area contributed by atoms with Gasteiger partial charge in [-0.2, -0.15) is 0 Å². The molecule has 158 valence electrons. The molecule has 0 aliphatic carbocycles. The van der Waals surface area contributed by atoms with Gasteiger partial charge in [0, 0.05) is 16.9 Å². The second-order valence-corrected chi connectivity index (χ2v) is 10.2. The average Bonchev–Trinajstić information content (AvgIpc) is 3.16. The zero-order valence-corrected chi connectivity index (χ0v) is 18.6. The van der Waals surface area contributed by atoms with Crippen LogP contribution in [-0.2, 0) is 10.0 Å². The summed E-state index contributed by atoms with van der Waals surface area (Å²) in [6.45, 7) is 0. The largest absolute Gasteiger partial charge is 0.322 e. The highest BCUT2D eigenvalue weighted by Gasteiger charge is 2.15. The second-order valence-electron chi connectivity index (χ2n) is 6.46. The Morgan fingerprint density at radius 1 is 1.03 bits per heavy atom. The summed E-state index contributed by atoms with van der Waals surface area (Å²) in [5, 5.41) is 2.82. The van der Waals surface area contributed by atoms with Gasteiger partial charge >= 0.3 is 0 Å². The number of hydrogen-bond acceptors (Lipinski definition) is 6. The third-order valence-electron chi connectivity index (χ3n) is 4.30. The van der Waals surface area contributed by atoms with Crippen molar-refractivity contribution in [2.45, 2.75) is 9.24 Å². The molecule has 0 unspecified atom stereocenters. The number of hydrogen-bond donors (Lipinski definition) is 2. The molecule has 0 saturated carbocycles. The molecule has 10 heteroatoms. The van der Waals surface area contributed by atoms with Gasteiger partial charge in [0.1, 0.15) is 5.82 Å². The van der Waals surface area contributed by atoms with E-state index in [1.165, 1.54) is 24.3 Å². The lowest BCUT2D eigenvalue weighted by molar-refractivity contribution is 0.102. The number of aromatic nitrogens is 1. The molecule has 1 heterocycles. The summed E-state index contributed by atoms with van der Waals surface area (Å²) < 4.78 is 42.4. The number of anilines is 2. The number of nitrogens with zero attached hydrogens (tertiary/aromatic N) is 1. The number of halogens is 1. The van der Waals surface area contributed by atoms with Crippen LogP contribution in [0.5, 0.6) is 0 Å². The number of sulfonamides is 1. The third-order valence-corrected chi connectivity index (χ3v) is 7.70. The number of thioether (sulfide) groups is 1. The van der Waals surface area contributed by atoms with E-state index in [4.69, 9.17) is 0 Å². The fourth-order valence-electron chi connectivity index (χ4n) is 2.82. The maximum atomic E-state index is 13.1. The fraction of sp³-hybridized carbons (Fsp3) is 0.0476. The maximum Gasteiger partial charge on any atom is 0.261 e. The summed E-state index contributed by atoms with van der Waals surface area (Å²) in [4.78, 5) is 17.1. The molecule has 0 fully saturated rings. The van der Waals surface area contributed by atoms with E-state index < -0.39 is 15.8 Å². The number of nitrogens with one attached hydrogen (secondary N) is 2. The molecular formula is C21H16FN3O3S3. The quantitative estimate of drug-likeness (QED) is 0.375. The standard InChI is InChI=1S/C21H16FN3O3S3/c1-29-21-24-18-10-7-15(12-19(18)30-21)23-20(26)13-3-2-4-16(11-13)25-31(27,28)17-8-5-14(22)6-9-17/h2-12,25H,1H3,(H,23,26). The molecule has 0 spiro atoms. The molecule has 3 aromatic carbocycles. The van der Waals surface area contributed by atoms with Gasteiger partial charge < -0.3 is 5.32 Å². The first-order valence-electron chi connectivity index (χ1n) is 8.98. The van der Waals surface area contributed by atoms with Crippen LogP contribution in [0.3, 0.4) is 0 Å². The monoisotopic (exact) mass is 473 g/mol. The van der Waals surface area contributed by atoms with Gasteiger partial charge in [0.15, 0.2) is 4.34 Å². The van der Waals surface area contributed by atoms with Crippen molar-refractivity contribution >= 4 is 60.6 Å². The average molecular weight is 474 g/mol. The Bertz CT molecular complexity index is 1370. The van der Waals surface area contributed by atoms with Crippen molar-refractivity contribution in [2.24, 2.45) is 0 Å². The van der Waals surface area contributed by atoms with E-state index >= 15 is 0 Å². The Balaban J connectivity index is 1.52. The third kappa shape index (κ3) is 4.87. The van der Waals surface area contributed by atoms with E-state index in [2.05, 4.69) is 15.0 Å². The highest BCUT2D eigenvalue weighted by Crippen LogP contribution is 2.30. The van der Waals surface area contributed by atoms with E-state index in [0.29, 0.717) is 5.69 Å². The van der Waals surface area contributed by atoms with Crippen molar-refractivity contribution in [3.8, 4) is 0 Å². The molecule has 4 rings (SSSR count). The van der Waals surface area contributed by atoms with E-state index in [1.807, 2.05) is 18.4 Å². The number of benzene rings is 3. The van der Waals surface area contributed by atoms with Gasteiger partial charge in [0.25, 0.3) is 15.9 Å². The van der Waals surface area contributed by atoms with Crippen molar-refractivity contribution < 1.29 is 17.6 Å². The lowest BCUT2D eigenvalue weighted by Gasteiger charge is -2.10. The van der Waals surface area contributed by atoms with Crippen molar-refractivity contribution in [1.29, 1.82) is 0 Å². The molecular weight excluding hydrogens is 457 g/mol. The lowest BCUT2D eigenvalue weighted by Crippen LogP contribution is -2.15. The molecule has 0 aliphatic heterocycles. The van der Waals surface area contributed by atoms with Gasteiger partial charge in [-0.05, 0) is 66.9 Å². The summed E-state index contributed by atoms with van der Waals surface area (Å²) in [6, 6.07) is 16.1. The van der Waals surface area contributed by atoms with Crippen LogP contribution in [0.15, 0.2) is 76.0 Å². The zero-order chi connectivity index (χ0) is 22.0. The summed E-state index contributed by atoms with van der Waals surface area (Å²) in [7, 11) is -3.91. The molecule has 31 heavy (non-hydrogen) atoms. The first-order valence-corrected chi connectivity index (χ1v) is 12.5. The van der Waals surface area contributed by atoms with Gasteiger partial charge in [0.2, 0.25) is 0 Å². The lowest BCUT2D eigenvalue weighted by atomic mass is 10.2. The predicted molar refractivity (Wildman–Crippen MR) is 123 cm³/mol. The molecule has 0 saturated heterocycles. The SMILES string of the molecule is CSc1nc2ccc(NC(=O)c3cccc(NS(=O)(=O)c4ccc(F)cc4)c3)cc2s1.